The predicted molar refractivity (Wildman–Crippen MR) is 171 cm³/mol. The first-order valence-corrected chi connectivity index (χ1v) is 16.1. The van der Waals surface area contributed by atoms with Crippen LogP contribution in [0.1, 0.15) is 49.4 Å². The van der Waals surface area contributed by atoms with E-state index in [1.807, 2.05) is 53.7 Å². The van der Waals surface area contributed by atoms with Gasteiger partial charge in [-0.25, -0.2) is 8.42 Å². The summed E-state index contributed by atoms with van der Waals surface area (Å²) in [6.45, 7) is 11.3. The highest BCUT2D eigenvalue weighted by Crippen LogP contribution is 2.29. The summed E-state index contributed by atoms with van der Waals surface area (Å²) in [5, 5.41) is 3.70. The second-order valence-corrected chi connectivity index (χ2v) is 13.6. The summed E-state index contributed by atoms with van der Waals surface area (Å²) in [7, 11) is -4.15. The number of sulfonamides is 1. The number of aryl methyl sites for hydroxylation is 3. The molecule has 2 amide bonds. The molecule has 0 aliphatic carbocycles. The average Bonchev–Trinajstić information content (AvgIpc) is 2.92. The summed E-state index contributed by atoms with van der Waals surface area (Å²) in [6, 6.07) is 16.0. The molecule has 0 aliphatic rings. The van der Waals surface area contributed by atoms with Crippen LogP contribution in [0.15, 0.2) is 65.6 Å². The highest BCUT2D eigenvalue weighted by molar-refractivity contribution is 7.92. The van der Waals surface area contributed by atoms with Gasteiger partial charge in [-0.1, -0.05) is 85.4 Å². The Morgan fingerprint density at radius 2 is 1.55 bits per heavy atom. The lowest BCUT2D eigenvalue weighted by molar-refractivity contribution is -0.140. The first-order chi connectivity index (χ1) is 19.7. The van der Waals surface area contributed by atoms with Gasteiger partial charge in [-0.05, 0) is 74.6 Å². The van der Waals surface area contributed by atoms with Gasteiger partial charge in [0.05, 0.1) is 10.6 Å². The van der Waals surface area contributed by atoms with E-state index in [2.05, 4.69) is 5.32 Å². The van der Waals surface area contributed by atoms with Crippen molar-refractivity contribution < 1.29 is 18.0 Å². The molecule has 0 fully saturated rings. The Kier molecular flexibility index (Phi) is 11.5. The van der Waals surface area contributed by atoms with Crippen molar-refractivity contribution >= 4 is 50.7 Å². The lowest BCUT2D eigenvalue weighted by atomic mass is 10.1. The molecule has 1 N–H and O–H groups in total. The molecule has 42 heavy (non-hydrogen) atoms. The number of hydrogen-bond donors (Lipinski definition) is 1. The third-order valence-electron chi connectivity index (χ3n) is 6.94. The fourth-order valence-corrected chi connectivity index (χ4v) is 6.56. The lowest BCUT2D eigenvalue weighted by Crippen LogP contribution is -2.52. The SMILES string of the molecule is CCC(C(=O)NCC(C)C)N(Cc1ccc(Cl)cc1Cl)C(=O)CN(c1ccc(C)cc1C)S(=O)(=O)c1ccc(C)cc1. The lowest BCUT2D eigenvalue weighted by Gasteiger charge is -2.34. The van der Waals surface area contributed by atoms with Gasteiger partial charge in [-0.2, -0.15) is 0 Å². The maximum absolute atomic E-state index is 14.2. The van der Waals surface area contributed by atoms with Gasteiger partial charge >= 0.3 is 0 Å². The minimum atomic E-state index is -4.15. The number of halogens is 2. The van der Waals surface area contributed by atoms with Crippen molar-refractivity contribution in [3.05, 3.63) is 93.0 Å². The van der Waals surface area contributed by atoms with Gasteiger partial charge in [-0.15, -0.1) is 0 Å². The van der Waals surface area contributed by atoms with Crippen molar-refractivity contribution in [3.63, 3.8) is 0 Å². The van der Waals surface area contributed by atoms with E-state index in [1.54, 1.807) is 36.4 Å². The zero-order valence-electron chi connectivity index (χ0n) is 24.9. The number of rotatable bonds is 12. The number of carbonyl (C=O) groups excluding carboxylic acids is 2. The van der Waals surface area contributed by atoms with Gasteiger partial charge in [0, 0.05) is 23.1 Å². The van der Waals surface area contributed by atoms with Gasteiger partial charge in [0.1, 0.15) is 12.6 Å². The van der Waals surface area contributed by atoms with E-state index < -0.39 is 28.5 Å². The Labute approximate surface area is 259 Å². The number of carbonyl (C=O) groups is 2. The summed E-state index contributed by atoms with van der Waals surface area (Å²) in [5.74, 6) is -0.645. The standard InChI is InChI=1S/C32H39Cl2N3O4S/c1-7-29(32(39)35-18-21(2)3)36(19-25-11-12-26(33)17-28(25)34)31(38)20-37(30-15-10-23(5)16-24(30)6)42(40,41)27-13-8-22(4)9-14-27/h8-17,21,29H,7,18-20H2,1-6H3,(H,35,39). The second kappa shape index (κ2) is 14.4. The van der Waals surface area contributed by atoms with E-state index in [-0.39, 0.29) is 23.3 Å². The molecule has 0 spiro atoms. The van der Waals surface area contributed by atoms with Crippen molar-refractivity contribution in [2.24, 2.45) is 5.92 Å². The molecule has 7 nitrogen and oxygen atoms in total. The zero-order valence-corrected chi connectivity index (χ0v) is 27.3. The van der Waals surface area contributed by atoms with Crippen molar-refractivity contribution in [1.82, 2.24) is 10.2 Å². The molecule has 0 aliphatic heterocycles. The van der Waals surface area contributed by atoms with E-state index in [0.717, 1.165) is 15.4 Å². The van der Waals surface area contributed by atoms with E-state index in [0.29, 0.717) is 39.8 Å². The summed E-state index contributed by atoms with van der Waals surface area (Å²) < 4.78 is 29.3. The first kappa shape index (κ1) is 33.4. The quantitative estimate of drug-likeness (QED) is 0.241. The maximum atomic E-state index is 14.2. The van der Waals surface area contributed by atoms with Gasteiger partial charge in [-0.3, -0.25) is 13.9 Å². The van der Waals surface area contributed by atoms with Crippen LogP contribution >= 0.6 is 23.2 Å². The highest BCUT2D eigenvalue weighted by atomic mass is 35.5. The number of nitrogens with one attached hydrogen (secondary N) is 1. The van der Waals surface area contributed by atoms with Crippen molar-refractivity contribution in [2.75, 3.05) is 17.4 Å². The third kappa shape index (κ3) is 8.27. The molecule has 0 aromatic heterocycles. The molecule has 0 bridgehead atoms. The zero-order chi connectivity index (χ0) is 31.2. The molecule has 226 valence electrons. The molecule has 0 saturated carbocycles. The molecular formula is C32H39Cl2N3O4S. The van der Waals surface area contributed by atoms with E-state index in [1.165, 1.54) is 17.0 Å². The van der Waals surface area contributed by atoms with E-state index in [4.69, 9.17) is 23.2 Å². The van der Waals surface area contributed by atoms with Gasteiger partial charge < -0.3 is 10.2 Å². The maximum Gasteiger partial charge on any atom is 0.264 e. The number of amides is 2. The normalized spacial score (nSPS) is 12.2. The van der Waals surface area contributed by atoms with E-state index >= 15 is 0 Å². The van der Waals surface area contributed by atoms with Crippen LogP contribution in [0.2, 0.25) is 10.0 Å². The summed E-state index contributed by atoms with van der Waals surface area (Å²) in [4.78, 5) is 29.1. The molecule has 3 aromatic carbocycles. The van der Waals surface area contributed by atoms with Crippen molar-refractivity contribution in [1.29, 1.82) is 0 Å². The Hall–Kier alpha value is -3.07. The fourth-order valence-electron chi connectivity index (χ4n) is 4.61. The monoisotopic (exact) mass is 631 g/mol. The molecule has 0 heterocycles. The molecule has 3 aromatic rings. The van der Waals surface area contributed by atoms with Crippen molar-refractivity contribution in [2.45, 2.75) is 65.4 Å². The molecule has 1 unspecified atom stereocenters. The molecule has 3 rings (SSSR count). The molecule has 10 heteroatoms. The first-order valence-electron chi connectivity index (χ1n) is 13.9. The van der Waals surface area contributed by atoms with Crippen LogP contribution in [0, 0.1) is 26.7 Å². The van der Waals surface area contributed by atoms with Gasteiger partial charge in [0.25, 0.3) is 10.0 Å². The minimum Gasteiger partial charge on any atom is -0.354 e. The summed E-state index contributed by atoms with van der Waals surface area (Å²) in [5.41, 5.74) is 3.54. The molecular weight excluding hydrogens is 593 g/mol. The van der Waals surface area contributed by atoms with Crippen LogP contribution in [0.25, 0.3) is 0 Å². The van der Waals surface area contributed by atoms with Crippen LogP contribution in [0.3, 0.4) is 0 Å². The Balaban J connectivity index is 2.10. The topological polar surface area (TPSA) is 86.8 Å². The van der Waals surface area contributed by atoms with E-state index in [9.17, 15) is 18.0 Å². The molecule has 0 saturated heterocycles. The minimum absolute atomic E-state index is 0.00621. The second-order valence-electron chi connectivity index (χ2n) is 10.9. The number of benzene rings is 3. The van der Waals surface area contributed by atoms with Gasteiger partial charge in [0.2, 0.25) is 11.8 Å². The highest BCUT2D eigenvalue weighted by Gasteiger charge is 2.34. The van der Waals surface area contributed by atoms with Crippen LogP contribution in [-0.2, 0) is 26.2 Å². The fraction of sp³-hybridized carbons (Fsp3) is 0.375. The largest absolute Gasteiger partial charge is 0.354 e. The Bertz CT molecular complexity index is 1530. The average molecular weight is 633 g/mol. The summed E-state index contributed by atoms with van der Waals surface area (Å²) in [6.07, 6.45) is 0.315. The number of hydrogen-bond acceptors (Lipinski definition) is 4. The van der Waals surface area contributed by atoms with Crippen LogP contribution in [0.5, 0.6) is 0 Å². The third-order valence-corrected chi connectivity index (χ3v) is 9.30. The smallest absolute Gasteiger partial charge is 0.264 e. The van der Waals surface area contributed by atoms with Crippen LogP contribution < -0.4 is 9.62 Å². The molecule has 0 radical (unpaired) electrons. The van der Waals surface area contributed by atoms with Crippen LogP contribution in [0.4, 0.5) is 5.69 Å². The number of anilines is 1. The van der Waals surface area contributed by atoms with Crippen molar-refractivity contribution in [3.8, 4) is 0 Å². The predicted octanol–water partition coefficient (Wildman–Crippen LogP) is 6.69. The summed E-state index contributed by atoms with van der Waals surface area (Å²) >= 11 is 12.6. The Morgan fingerprint density at radius 3 is 2.12 bits per heavy atom. The van der Waals surface area contributed by atoms with Gasteiger partial charge in [0.15, 0.2) is 0 Å². The number of nitrogens with zero attached hydrogens (tertiary/aromatic N) is 2. The molecule has 1 atom stereocenters. The Morgan fingerprint density at radius 1 is 0.905 bits per heavy atom. The van der Waals surface area contributed by atoms with Crippen LogP contribution in [-0.4, -0.2) is 44.3 Å².